The van der Waals surface area contributed by atoms with Crippen LogP contribution in [0.4, 0.5) is 0 Å². The quantitative estimate of drug-likeness (QED) is 0.393. The number of allylic oxidation sites excluding steroid dienone is 1. The number of carbonyl (C=O) groups is 1. The molecule has 1 heterocycles. The highest BCUT2D eigenvalue weighted by atomic mass is 16.7. The van der Waals surface area contributed by atoms with Gasteiger partial charge in [-0.1, -0.05) is 30.3 Å². The largest absolute Gasteiger partial charge is 0.491 e. The second-order valence-electron chi connectivity index (χ2n) is 6.61. The fourth-order valence-corrected chi connectivity index (χ4v) is 2.99. The second-order valence-corrected chi connectivity index (χ2v) is 6.61. The van der Waals surface area contributed by atoms with E-state index >= 15 is 0 Å². The fraction of sp³-hybridized carbons (Fsp3) is 0.217. The van der Waals surface area contributed by atoms with E-state index in [9.17, 15) is 4.79 Å². The lowest BCUT2D eigenvalue weighted by atomic mass is 10.1. The number of aliphatic carboxylic acids is 1. The molecule has 0 bridgehead atoms. The van der Waals surface area contributed by atoms with E-state index in [-0.39, 0.29) is 6.42 Å². The van der Waals surface area contributed by atoms with Crippen LogP contribution in [0.2, 0.25) is 0 Å². The summed E-state index contributed by atoms with van der Waals surface area (Å²) in [6, 6.07) is 15.3. The second kappa shape index (κ2) is 10.3. The Morgan fingerprint density at radius 1 is 1.17 bits per heavy atom. The van der Waals surface area contributed by atoms with Crippen LogP contribution >= 0.6 is 0 Å². The highest BCUT2D eigenvalue weighted by Gasteiger charge is 2.08. The zero-order valence-corrected chi connectivity index (χ0v) is 17.0. The zero-order chi connectivity index (χ0) is 21.3. The lowest BCUT2D eigenvalue weighted by Crippen LogP contribution is -2.18. The van der Waals surface area contributed by atoms with Crippen LogP contribution in [0.5, 0.6) is 5.75 Å². The predicted octanol–water partition coefficient (Wildman–Crippen LogP) is 3.77. The summed E-state index contributed by atoms with van der Waals surface area (Å²) in [5, 5.41) is 13.2. The fourth-order valence-electron chi connectivity index (χ4n) is 2.99. The molecule has 0 aliphatic heterocycles. The van der Waals surface area contributed by atoms with E-state index in [0.29, 0.717) is 19.0 Å². The summed E-state index contributed by atoms with van der Waals surface area (Å²) in [5.41, 5.74) is 7.36. The van der Waals surface area contributed by atoms with Crippen molar-refractivity contribution in [2.75, 3.05) is 13.2 Å². The lowest BCUT2D eigenvalue weighted by molar-refractivity contribution is -0.136. The molecule has 0 spiro atoms. The van der Waals surface area contributed by atoms with Gasteiger partial charge in [-0.2, -0.15) is 5.10 Å². The third-order valence-electron chi connectivity index (χ3n) is 4.60. The van der Waals surface area contributed by atoms with Crippen molar-refractivity contribution in [2.24, 2.45) is 0 Å². The first-order valence-corrected chi connectivity index (χ1v) is 9.66. The van der Waals surface area contributed by atoms with Gasteiger partial charge in [-0.05, 0) is 54.8 Å². The Balaban J connectivity index is 1.48. The monoisotopic (exact) mass is 407 g/mol. The minimum absolute atomic E-state index is 0.0229. The van der Waals surface area contributed by atoms with Crippen molar-refractivity contribution in [3.8, 4) is 11.4 Å². The molecular weight excluding hydrogens is 382 g/mol. The number of rotatable bonds is 10. The molecule has 2 aromatic carbocycles. The number of carboxylic acid groups (broad SMARTS) is 1. The van der Waals surface area contributed by atoms with Crippen LogP contribution in [-0.2, 0) is 16.1 Å². The summed E-state index contributed by atoms with van der Waals surface area (Å²) in [5.74, 6) is -0.197. The molecule has 0 saturated heterocycles. The van der Waals surface area contributed by atoms with Gasteiger partial charge in [0.2, 0.25) is 0 Å². The van der Waals surface area contributed by atoms with E-state index in [4.69, 9.17) is 14.7 Å². The van der Waals surface area contributed by atoms with Crippen molar-refractivity contribution in [3.63, 3.8) is 0 Å². The Morgan fingerprint density at radius 3 is 2.63 bits per heavy atom. The topological polar surface area (TPSA) is 85.6 Å². The molecule has 7 heteroatoms. The van der Waals surface area contributed by atoms with Crippen LogP contribution in [0.1, 0.15) is 23.6 Å². The smallest absolute Gasteiger partial charge is 0.307 e. The van der Waals surface area contributed by atoms with Gasteiger partial charge in [0.25, 0.3) is 0 Å². The molecular formula is C23H25N3O4. The maximum absolute atomic E-state index is 10.9. The number of aromatic nitrogens is 2. The number of benzene rings is 2. The molecule has 0 atom stereocenters. The highest BCUT2D eigenvalue weighted by Crippen LogP contribution is 2.22. The third-order valence-corrected chi connectivity index (χ3v) is 4.60. The molecule has 156 valence electrons. The van der Waals surface area contributed by atoms with Gasteiger partial charge in [0.05, 0.1) is 17.8 Å². The maximum Gasteiger partial charge on any atom is 0.307 e. The van der Waals surface area contributed by atoms with Gasteiger partial charge in [0.1, 0.15) is 19.0 Å². The van der Waals surface area contributed by atoms with Crippen LogP contribution in [-0.4, -0.2) is 34.1 Å². The molecule has 0 amide bonds. The summed E-state index contributed by atoms with van der Waals surface area (Å²) in [6.07, 6.45) is 5.55. The first-order valence-electron chi connectivity index (χ1n) is 9.66. The standard InChI is InChI=1S/C23H25N3O4/c1-3-21(18-8-10-20(11-9-18)26-13-5-12-24-26)25-30-15-14-29-22-7-4-6-19(17(22)2)16-23(27)28/h3-13,25H,14-16H2,1-2H3,(H,27,28). The molecule has 30 heavy (non-hydrogen) atoms. The Morgan fingerprint density at radius 2 is 1.97 bits per heavy atom. The summed E-state index contributed by atoms with van der Waals surface area (Å²) in [7, 11) is 0. The number of carboxylic acids is 1. The lowest BCUT2D eigenvalue weighted by Gasteiger charge is -2.14. The van der Waals surface area contributed by atoms with Crippen LogP contribution < -0.4 is 10.2 Å². The average Bonchev–Trinajstić information content (AvgIpc) is 3.28. The molecule has 1 aromatic heterocycles. The molecule has 0 fully saturated rings. The van der Waals surface area contributed by atoms with E-state index in [2.05, 4.69) is 10.6 Å². The number of hydrogen-bond acceptors (Lipinski definition) is 5. The van der Waals surface area contributed by atoms with Crippen LogP contribution in [0.3, 0.4) is 0 Å². The van der Waals surface area contributed by atoms with Crippen molar-refractivity contribution < 1.29 is 19.5 Å². The summed E-state index contributed by atoms with van der Waals surface area (Å²) in [6.45, 7) is 4.45. The van der Waals surface area contributed by atoms with Crippen molar-refractivity contribution in [3.05, 3.63) is 83.7 Å². The van der Waals surface area contributed by atoms with Gasteiger partial charge < -0.3 is 9.84 Å². The number of hydrogen-bond donors (Lipinski definition) is 2. The van der Waals surface area contributed by atoms with E-state index < -0.39 is 5.97 Å². The van der Waals surface area contributed by atoms with Gasteiger partial charge >= 0.3 is 5.97 Å². The molecule has 0 aliphatic rings. The van der Waals surface area contributed by atoms with E-state index in [1.807, 2.05) is 62.5 Å². The number of nitrogens with one attached hydrogen (secondary N) is 1. The number of hydroxylamine groups is 1. The van der Waals surface area contributed by atoms with Gasteiger partial charge in [-0.15, -0.1) is 0 Å². The van der Waals surface area contributed by atoms with E-state index in [1.165, 1.54) is 0 Å². The van der Waals surface area contributed by atoms with Crippen molar-refractivity contribution in [1.29, 1.82) is 0 Å². The SMILES string of the molecule is CC=C(NOCCOc1cccc(CC(=O)O)c1C)c1ccc(-n2cccn2)cc1. The molecule has 3 aromatic rings. The average molecular weight is 407 g/mol. The van der Waals surface area contributed by atoms with Gasteiger partial charge in [-0.3, -0.25) is 15.1 Å². The molecule has 3 rings (SSSR count). The third kappa shape index (κ3) is 5.48. The Kier molecular flexibility index (Phi) is 7.24. The van der Waals surface area contributed by atoms with Gasteiger partial charge in [-0.25, -0.2) is 4.68 Å². The maximum atomic E-state index is 10.9. The molecule has 0 unspecified atom stereocenters. The van der Waals surface area contributed by atoms with Crippen molar-refractivity contribution in [2.45, 2.75) is 20.3 Å². The van der Waals surface area contributed by atoms with E-state index in [1.54, 1.807) is 23.0 Å². The highest BCUT2D eigenvalue weighted by molar-refractivity contribution is 5.71. The van der Waals surface area contributed by atoms with Crippen molar-refractivity contribution >= 4 is 11.7 Å². The summed E-state index contributed by atoms with van der Waals surface area (Å²) >= 11 is 0. The summed E-state index contributed by atoms with van der Waals surface area (Å²) in [4.78, 5) is 16.5. The van der Waals surface area contributed by atoms with E-state index in [0.717, 1.165) is 28.1 Å². The Hall–Kier alpha value is -3.58. The van der Waals surface area contributed by atoms with Crippen LogP contribution in [0, 0.1) is 6.92 Å². The van der Waals surface area contributed by atoms with Crippen molar-refractivity contribution in [1.82, 2.24) is 15.3 Å². The molecule has 0 radical (unpaired) electrons. The van der Waals surface area contributed by atoms with Gasteiger partial charge in [0.15, 0.2) is 0 Å². The number of nitrogens with zero attached hydrogens (tertiary/aromatic N) is 2. The van der Waals surface area contributed by atoms with Gasteiger partial charge in [0, 0.05) is 12.4 Å². The zero-order valence-electron chi connectivity index (χ0n) is 17.0. The molecule has 0 aliphatic carbocycles. The first-order chi connectivity index (χ1) is 14.6. The minimum atomic E-state index is -0.862. The Bertz CT molecular complexity index is 996. The molecule has 7 nitrogen and oxygen atoms in total. The van der Waals surface area contributed by atoms with Crippen LogP contribution in [0.15, 0.2) is 67.0 Å². The normalized spacial score (nSPS) is 11.3. The minimum Gasteiger partial charge on any atom is -0.491 e. The molecule has 0 saturated carbocycles. The van der Waals surface area contributed by atoms with Crippen LogP contribution in [0.25, 0.3) is 11.4 Å². The predicted molar refractivity (Wildman–Crippen MR) is 114 cm³/mol. The molecule has 2 N–H and O–H groups in total. The number of ether oxygens (including phenoxy) is 1. The summed E-state index contributed by atoms with van der Waals surface area (Å²) < 4.78 is 7.55. The Labute approximate surface area is 175 Å². The first kappa shape index (κ1) is 21.1.